The Labute approximate surface area is 147 Å². The van der Waals surface area contributed by atoms with Gasteiger partial charge in [0.15, 0.2) is 11.5 Å². The lowest BCUT2D eigenvalue weighted by atomic mass is 10.1. The number of hydrogen-bond donors (Lipinski definition) is 2. The molecule has 1 fully saturated rings. The van der Waals surface area contributed by atoms with Gasteiger partial charge < -0.3 is 19.9 Å². The van der Waals surface area contributed by atoms with Crippen LogP contribution < -0.4 is 14.8 Å². The van der Waals surface area contributed by atoms with E-state index in [0.29, 0.717) is 24.7 Å². The molecular formula is C20H23NO4. The van der Waals surface area contributed by atoms with Gasteiger partial charge in [0.25, 0.3) is 0 Å². The van der Waals surface area contributed by atoms with Crippen molar-refractivity contribution in [3.63, 3.8) is 0 Å². The van der Waals surface area contributed by atoms with Gasteiger partial charge in [-0.15, -0.1) is 0 Å². The SMILES string of the molecule is COc1cc(CNC(=O)[C@@H](O)C2CC2)ccc1OCc1ccccc1. The van der Waals surface area contributed by atoms with Crippen molar-refractivity contribution in [3.8, 4) is 11.5 Å². The van der Waals surface area contributed by atoms with Gasteiger partial charge in [-0.1, -0.05) is 36.4 Å². The summed E-state index contributed by atoms with van der Waals surface area (Å²) in [5.41, 5.74) is 1.97. The summed E-state index contributed by atoms with van der Waals surface area (Å²) < 4.78 is 11.2. The van der Waals surface area contributed by atoms with Gasteiger partial charge in [0.2, 0.25) is 5.91 Å². The molecule has 0 saturated heterocycles. The van der Waals surface area contributed by atoms with Gasteiger partial charge in [0.05, 0.1) is 7.11 Å². The first-order chi connectivity index (χ1) is 12.2. The van der Waals surface area contributed by atoms with Crippen LogP contribution in [0.1, 0.15) is 24.0 Å². The summed E-state index contributed by atoms with van der Waals surface area (Å²) in [6.45, 7) is 0.804. The van der Waals surface area contributed by atoms with Gasteiger partial charge in [0, 0.05) is 6.54 Å². The van der Waals surface area contributed by atoms with Crippen LogP contribution in [0.2, 0.25) is 0 Å². The monoisotopic (exact) mass is 341 g/mol. The van der Waals surface area contributed by atoms with Gasteiger partial charge in [-0.25, -0.2) is 0 Å². The van der Waals surface area contributed by atoms with Crippen molar-refractivity contribution < 1.29 is 19.4 Å². The minimum Gasteiger partial charge on any atom is -0.493 e. The summed E-state index contributed by atoms with van der Waals surface area (Å²) in [7, 11) is 1.59. The van der Waals surface area contributed by atoms with E-state index in [1.54, 1.807) is 7.11 Å². The lowest BCUT2D eigenvalue weighted by Crippen LogP contribution is -2.35. The van der Waals surface area contributed by atoms with Crippen LogP contribution in [0.5, 0.6) is 11.5 Å². The van der Waals surface area contributed by atoms with E-state index in [4.69, 9.17) is 9.47 Å². The molecule has 3 rings (SSSR count). The van der Waals surface area contributed by atoms with E-state index in [9.17, 15) is 9.90 Å². The van der Waals surface area contributed by atoms with Crippen molar-refractivity contribution in [2.24, 2.45) is 5.92 Å². The molecule has 0 aliphatic heterocycles. The van der Waals surface area contributed by atoms with Crippen LogP contribution in [0.3, 0.4) is 0 Å². The molecule has 1 amide bonds. The molecular weight excluding hydrogens is 318 g/mol. The fourth-order valence-electron chi connectivity index (χ4n) is 2.60. The molecule has 0 heterocycles. The highest BCUT2D eigenvalue weighted by atomic mass is 16.5. The Morgan fingerprint density at radius 3 is 2.60 bits per heavy atom. The van der Waals surface area contributed by atoms with Crippen LogP contribution in [0.15, 0.2) is 48.5 Å². The molecule has 5 heteroatoms. The van der Waals surface area contributed by atoms with E-state index in [-0.39, 0.29) is 11.8 Å². The predicted octanol–water partition coefficient (Wildman–Crippen LogP) is 2.66. The lowest BCUT2D eigenvalue weighted by molar-refractivity contribution is -0.130. The highest BCUT2D eigenvalue weighted by molar-refractivity contribution is 5.81. The number of carbonyl (C=O) groups excluding carboxylic acids is 1. The minimum absolute atomic E-state index is 0.128. The van der Waals surface area contributed by atoms with E-state index < -0.39 is 6.10 Å². The maximum atomic E-state index is 11.9. The molecule has 1 aliphatic carbocycles. The summed E-state index contributed by atoms with van der Waals surface area (Å²) in [6.07, 6.45) is 0.960. The van der Waals surface area contributed by atoms with Crippen LogP contribution in [0.4, 0.5) is 0 Å². The molecule has 1 atom stereocenters. The molecule has 0 bridgehead atoms. The van der Waals surface area contributed by atoms with Gasteiger partial charge in [0.1, 0.15) is 12.7 Å². The Morgan fingerprint density at radius 1 is 1.16 bits per heavy atom. The Kier molecular flexibility index (Phi) is 5.56. The zero-order valence-electron chi connectivity index (χ0n) is 14.3. The Balaban J connectivity index is 1.58. The van der Waals surface area contributed by atoms with E-state index in [1.807, 2.05) is 48.5 Å². The third-order valence-corrected chi connectivity index (χ3v) is 4.27. The first-order valence-corrected chi connectivity index (χ1v) is 8.47. The topological polar surface area (TPSA) is 67.8 Å². The third-order valence-electron chi connectivity index (χ3n) is 4.27. The standard InChI is InChI=1S/C20H23NO4/c1-24-18-11-15(12-21-20(23)19(22)16-8-9-16)7-10-17(18)25-13-14-5-3-2-4-6-14/h2-7,10-11,16,19,22H,8-9,12-13H2,1H3,(H,21,23)/t19-/m0/s1. The van der Waals surface area contributed by atoms with Crippen molar-refractivity contribution in [2.75, 3.05) is 7.11 Å². The van der Waals surface area contributed by atoms with E-state index in [1.165, 1.54) is 0 Å². The molecule has 1 aliphatic rings. The first kappa shape index (κ1) is 17.3. The molecule has 0 unspecified atom stereocenters. The number of rotatable bonds is 8. The number of amides is 1. The van der Waals surface area contributed by atoms with Crippen molar-refractivity contribution in [2.45, 2.75) is 32.1 Å². The Hall–Kier alpha value is -2.53. The molecule has 0 aromatic heterocycles. The van der Waals surface area contributed by atoms with E-state index in [0.717, 1.165) is 24.0 Å². The maximum absolute atomic E-state index is 11.9. The van der Waals surface area contributed by atoms with Crippen LogP contribution in [-0.2, 0) is 17.9 Å². The Morgan fingerprint density at radius 2 is 1.92 bits per heavy atom. The first-order valence-electron chi connectivity index (χ1n) is 8.47. The number of ether oxygens (including phenoxy) is 2. The van der Waals surface area contributed by atoms with Gasteiger partial charge in [-0.05, 0) is 42.0 Å². The molecule has 0 radical (unpaired) electrons. The summed E-state index contributed by atoms with van der Waals surface area (Å²) in [5.74, 6) is 1.08. The van der Waals surface area contributed by atoms with Crippen LogP contribution in [0, 0.1) is 5.92 Å². The summed E-state index contributed by atoms with van der Waals surface area (Å²) in [4.78, 5) is 11.9. The van der Waals surface area contributed by atoms with Gasteiger partial charge in [-0.2, -0.15) is 0 Å². The van der Waals surface area contributed by atoms with Crippen molar-refractivity contribution >= 4 is 5.91 Å². The smallest absolute Gasteiger partial charge is 0.249 e. The molecule has 2 aromatic carbocycles. The molecule has 1 saturated carbocycles. The third kappa shape index (κ3) is 4.73. The molecule has 25 heavy (non-hydrogen) atoms. The average Bonchev–Trinajstić information content (AvgIpc) is 3.50. The maximum Gasteiger partial charge on any atom is 0.249 e. The van der Waals surface area contributed by atoms with Crippen LogP contribution in [-0.4, -0.2) is 24.2 Å². The molecule has 2 N–H and O–H groups in total. The second-order valence-corrected chi connectivity index (χ2v) is 6.26. The number of hydrogen-bond acceptors (Lipinski definition) is 4. The van der Waals surface area contributed by atoms with Gasteiger partial charge in [-0.3, -0.25) is 4.79 Å². The zero-order chi connectivity index (χ0) is 17.6. The van der Waals surface area contributed by atoms with Crippen molar-refractivity contribution in [1.82, 2.24) is 5.32 Å². The number of carbonyl (C=O) groups is 1. The normalized spacial score (nSPS) is 14.6. The van der Waals surface area contributed by atoms with Crippen molar-refractivity contribution in [3.05, 3.63) is 59.7 Å². The molecule has 2 aromatic rings. The highest BCUT2D eigenvalue weighted by Crippen LogP contribution is 2.32. The second kappa shape index (κ2) is 8.03. The lowest BCUT2D eigenvalue weighted by Gasteiger charge is -2.14. The minimum atomic E-state index is -0.893. The molecule has 132 valence electrons. The van der Waals surface area contributed by atoms with Gasteiger partial charge >= 0.3 is 0 Å². The quantitative estimate of drug-likeness (QED) is 0.775. The Bertz CT molecular complexity index is 713. The van der Waals surface area contributed by atoms with Crippen LogP contribution >= 0.6 is 0 Å². The largest absolute Gasteiger partial charge is 0.493 e. The number of nitrogens with one attached hydrogen (secondary N) is 1. The average molecular weight is 341 g/mol. The number of aliphatic hydroxyl groups is 1. The fourth-order valence-corrected chi connectivity index (χ4v) is 2.60. The second-order valence-electron chi connectivity index (χ2n) is 6.26. The van der Waals surface area contributed by atoms with Crippen LogP contribution in [0.25, 0.3) is 0 Å². The number of methoxy groups -OCH3 is 1. The highest BCUT2D eigenvalue weighted by Gasteiger charge is 2.34. The summed E-state index contributed by atoms with van der Waals surface area (Å²) >= 11 is 0. The predicted molar refractivity (Wildman–Crippen MR) is 94.3 cm³/mol. The number of benzene rings is 2. The van der Waals surface area contributed by atoms with Crippen molar-refractivity contribution in [1.29, 1.82) is 0 Å². The summed E-state index contributed by atoms with van der Waals surface area (Å²) in [5, 5.41) is 12.6. The number of aliphatic hydroxyl groups excluding tert-OH is 1. The fraction of sp³-hybridized carbons (Fsp3) is 0.350. The van der Waals surface area contributed by atoms with E-state index >= 15 is 0 Å². The molecule has 0 spiro atoms. The molecule has 5 nitrogen and oxygen atoms in total. The summed E-state index contributed by atoms with van der Waals surface area (Å²) in [6, 6.07) is 15.5. The van der Waals surface area contributed by atoms with E-state index in [2.05, 4.69) is 5.32 Å². The zero-order valence-corrected chi connectivity index (χ0v) is 14.3.